The molecule has 8 heteroatoms. The van der Waals surface area contributed by atoms with E-state index in [9.17, 15) is 14.0 Å². The molecule has 1 atom stereocenters. The van der Waals surface area contributed by atoms with Gasteiger partial charge < -0.3 is 15.4 Å². The number of benzene rings is 2. The summed E-state index contributed by atoms with van der Waals surface area (Å²) in [5.41, 5.74) is 1.62. The van der Waals surface area contributed by atoms with Crippen LogP contribution in [0.5, 0.6) is 5.75 Å². The second-order valence-electron chi connectivity index (χ2n) is 6.28. The molecule has 3 rings (SSSR count). The number of nitrogens with zero attached hydrogens (tertiary/aromatic N) is 1. The van der Waals surface area contributed by atoms with Crippen molar-refractivity contribution in [2.24, 2.45) is 0 Å². The van der Waals surface area contributed by atoms with Crippen LogP contribution in [0.4, 0.5) is 4.39 Å². The largest absolute Gasteiger partial charge is 0.489 e. The van der Waals surface area contributed by atoms with E-state index in [1.165, 1.54) is 30.4 Å². The number of halogens is 1. The smallest absolute Gasteiger partial charge is 0.250 e. The predicted octanol–water partition coefficient (Wildman–Crippen LogP) is 3.35. The average Bonchev–Trinajstić information content (AvgIpc) is 3.24. The van der Waals surface area contributed by atoms with Crippen LogP contribution in [0, 0.1) is 5.82 Å². The van der Waals surface area contributed by atoms with Crippen molar-refractivity contribution in [3.63, 3.8) is 0 Å². The lowest BCUT2D eigenvalue weighted by Gasteiger charge is -2.15. The first kappa shape index (κ1) is 20.5. The third kappa shape index (κ3) is 6.11. The van der Waals surface area contributed by atoms with E-state index in [1.54, 1.807) is 35.8 Å². The highest BCUT2D eigenvalue weighted by Crippen LogP contribution is 2.17. The zero-order valence-corrected chi connectivity index (χ0v) is 16.5. The molecule has 1 aromatic heterocycles. The van der Waals surface area contributed by atoms with E-state index in [-0.39, 0.29) is 24.2 Å². The number of ether oxygens (including phenoxy) is 1. The van der Waals surface area contributed by atoms with Gasteiger partial charge in [-0.25, -0.2) is 9.37 Å². The number of hydrogen-bond acceptors (Lipinski definition) is 5. The predicted molar refractivity (Wildman–Crippen MR) is 108 cm³/mol. The molecular formula is C21H20FN3O3S. The molecular weight excluding hydrogens is 393 g/mol. The number of thiazole rings is 1. The molecule has 2 N–H and O–H groups in total. The Hall–Kier alpha value is -3.26. The maximum Gasteiger partial charge on any atom is 0.250 e. The van der Waals surface area contributed by atoms with Crippen LogP contribution < -0.4 is 15.4 Å². The molecule has 29 heavy (non-hydrogen) atoms. The van der Waals surface area contributed by atoms with E-state index in [2.05, 4.69) is 15.6 Å². The third-order valence-corrected chi connectivity index (χ3v) is 4.83. The van der Waals surface area contributed by atoms with Crippen LogP contribution in [-0.2, 0) is 22.7 Å². The summed E-state index contributed by atoms with van der Waals surface area (Å²) < 4.78 is 18.8. The van der Waals surface area contributed by atoms with Crippen LogP contribution in [0.15, 0.2) is 60.1 Å². The van der Waals surface area contributed by atoms with Crippen molar-refractivity contribution in [2.45, 2.75) is 26.1 Å². The fourth-order valence-corrected chi connectivity index (χ4v) is 3.29. The van der Waals surface area contributed by atoms with Gasteiger partial charge in [-0.1, -0.05) is 24.3 Å². The number of hydrogen-bond donors (Lipinski definition) is 2. The van der Waals surface area contributed by atoms with Gasteiger partial charge >= 0.3 is 0 Å². The van der Waals surface area contributed by atoms with Crippen LogP contribution in [0.3, 0.4) is 0 Å². The highest BCUT2D eigenvalue weighted by atomic mass is 32.1. The number of carbonyl (C=O) groups is 2. The summed E-state index contributed by atoms with van der Waals surface area (Å²) in [5.74, 6) is -0.294. The first-order valence-corrected chi connectivity index (χ1v) is 9.79. The lowest BCUT2D eigenvalue weighted by atomic mass is 10.2. The van der Waals surface area contributed by atoms with E-state index in [0.29, 0.717) is 17.3 Å². The van der Waals surface area contributed by atoms with Gasteiger partial charge in [0, 0.05) is 25.0 Å². The molecule has 0 fully saturated rings. The second kappa shape index (κ2) is 9.79. The molecule has 0 aliphatic heterocycles. The lowest BCUT2D eigenvalue weighted by molar-refractivity contribution is -0.128. The molecule has 2 amide bonds. The molecule has 0 spiro atoms. The highest BCUT2D eigenvalue weighted by Gasteiger charge is 2.23. The van der Waals surface area contributed by atoms with Gasteiger partial charge in [0.2, 0.25) is 11.8 Å². The van der Waals surface area contributed by atoms with Crippen LogP contribution >= 0.6 is 11.3 Å². The first-order valence-electron chi connectivity index (χ1n) is 8.91. The minimum absolute atomic E-state index is 0.264. The average molecular weight is 413 g/mol. The molecule has 0 bridgehead atoms. The Morgan fingerprint density at radius 2 is 1.97 bits per heavy atom. The highest BCUT2D eigenvalue weighted by molar-refractivity contribution is 7.09. The molecule has 1 heterocycles. The van der Waals surface area contributed by atoms with Crippen molar-refractivity contribution >= 4 is 23.2 Å². The molecule has 0 aliphatic rings. The van der Waals surface area contributed by atoms with E-state index < -0.39 is 6.04 Å². The van der Waals surface area contributed by atoms with Crippen molar-refractivity contribution in [3.05, 3.63) is 82.1 Å². The molecule has 3 aromatic rings. The van der Waals surface area contributed by atoms with Crippen LogP contribution in [0.1, 0.15) is 29.1 Å². The Bertz CT molecular complexity index is 962. The van der Waals surface area contributed by atoms with Gasteiger partial charge in [0.25, 0.3) is 0 Å². The number of aromatic nitrogens is 1. The van der Waals surface area contributed by atoms with Gasteiger partial charge in [-0.15, -0.1) is 11.3 Å². The van der Waals surface area contributed by atoms with Crippen molar-refractivity contribution in [1.82, 2.24) is 15.6 Å². The second-order valence-corrected chi connectivity index (χ2v) is 7.21. The van der Waals surface area contributed by atoms with Crippen LogP contribution in [0.25, 0.3) is 0 Å². The van der Waals surface area contributed by atoms with Crippen LogP contribution in [0.2, 0.25) is 0 Å². The zero-order chi connectivity index (χ0) is 20.6. The van der Waals surface area contributed by atoms with Gasteiger partial charge in [-0.05, 0) is 35.4 Å². The van der Waals surface area contributed by atoms with Crippen molar-refractivity contribution in [2.75, 3.05) is 0 Å². The molecule has 0 aliphatic carbocycles. The minimum atomic E-state index is -0.818. The fraction of sp³-hybridized carbons (Fsp3) is 0.190. The van der Waals surface area contributed by atoms with E-state index in [0.717, 1.165) is 11.1 Å². The summed E-state index contributed by atoms with van der Waals surface area (Å²) in [5, 5.41) is 7.70. The van der Waals surface area contributed by atoms with Gasteiger partial charge in [0.05, 0.1) is 0 Å². The number of rotatable bonds is 8. The first-order chi connectivity index (χ1) is 14.0. The van der Waals surface area contributed by atoms with Crippen molar-refractivity contribution in [1.29, 1.82) is 0 Å². The van der Waals surface area contributed by atoms with Gasteiger partial charge in [-0.2, -0.15) is 0 Å². The number of nitrogens with one attached hydrogen (secondary N) is 2. The van der Waals surface area contributed by atoms with Gasteiger partial charge in [-0.3, -0.25) is 9.59 Å². The normalized spacial score (nSPS) is 11.5. The van der Waals surface area contributed by atoms with E-state index in [1.807, 2.05) is 12.1 Å². The Balaban J connectivity index is 1.53. The summed E-state index contributed by atoms with van der Waals surface area (Å²) in [6, 6.07) is 12.7. The SMILES string of the molecule is CC(=O)NC(C(=O)NCc1ccc(OCc2cccc(F)c2)cc1)c1nccs1. The molecule has 0 saturated carbocycles. The molecule has 150 valence electrons. The quantitative estimate of drug-likeness (QED) is 0.594. The van der Waals surface area contributed by atoms with Gasteiger partial charge in [0.1, 0.15) is 23.2 Å². The summed E-state index contributed by atoms with van der Waals surface area (Å²) >= 11 is 1.30. The summed E-state index contributed by atoms with van der Waals surface area (Å²) in [6.07, 6.45) is 1.59. The van der Waals surface area contributed by atoms with Crippen LogP contribution in [-0.4, -0.2) is 16.8 Å². The topological polar surface area (TPSA) is 80.3 Å². The monoisotopic (exact) mass is 413 g/mol. The fourth-order valence-electron chi connectivity index (χ4n) is 2.61. The Morgan fingerprint density at radius 1 is 1.17 bits per heavy atom. The molecule has 0 radical (unpaired) electrons. The van der Waals surface area contributed by atoms with Crippen molar-refractivity contribution < 1.29 is 18.7 Å². The number of amides is 2. The third-order valence-electron chi connectivity index (χ3n) is 3.99. The Morgan fingerprint density at radius 3 is 2.62 bits per heavy atom. The minimum Gasteiger partial charge on any atom is -0.489 e. The summed E-state index contributed by atoms with van der Waals surface area (Å²) in [4.78, 5) is 28.0. The zero-order valence-electron chi connectivity index (χ0n) is 15.7. The molecule has 6 nitrogen and oxygen atoms in total. The Labute approximate surface area is 171 Å². The maximum atomic E-state index is 13.2. The lowest BCUT2D eigenvalue weighted by Crippen LogP contribution is -2.39. The van der Waals surface area contributed by atoms with Gasteiger partial charge in [0.15, 0.2) is 6.04 Å². The molecule has 1 unspecified atom stereocenters. The van der Waals surface area contributed by atoms with Crippen molar-refractivity contribution in [3.8, 4) is 5.75 Å². The molecule has 0 saturated heterocycles. The standard InChI is InChI=1S/C21H20FN3O3S/c1-14(26)25-19(21-23-9-10-29-21)20(27)24-12-15-5-7-18(8-6-15)28-13-16-3-2-4-17(22)11-16/h2-11,19H,12-13H2,1H3,(H,24,27)(H,25,26). The van der Waals surface area contributed by atoms with E-state index in [4.69, 9.17) is 4.74 Å². The number of carbonyl (C=O) groups excluding carboxylic acids is 2. The Kier molecular flexibility index (Phi) is 6.91. The summed E-state index contributed by atoms with van der Waals surface area (Å²) in [7, 11) is 0. The maximum absolute atomic E-state index is 13.2. The molecule has 2 aromatic carbocycles. The van der Waals surface area contributed by atoms with E-state index >= 15 is 0 Å². The summed E-state index contributed by atoms with van der Waals surface area (Å²) in [6.45, 7) is 1.92.